The molecular weight excluding hydrogens is 1710 g/mol. The molecule has 0 fully saturated rings. The number of nitrogens with zero attached hydrogens (tertiary/aromatic N) is 12. The number of rotatable bonds is 16. The molecule has 0 aliphatic carbocycles. The van der Waals surface area contributed by atoms with E-state index in [4.69, 9.17) is 48.9 Å². The summed E-state index contributed by atoms with van der Waals surface area (Å²) in [6.45, 7) is 8.30. The van der Waals surface area contributed by atoms with Crippen LogP contribution in [0.25, 0.3) is 156 Å². The van der Waals surface area contributed by atoms with Crippen molar-refractivity contribution in [2.45, 2.75) is 35.1 Å². The molecule has 0 unspecified atom stereocenters. The molecule has 0 aliphatic rings. The van der Waals surface area contributed by atoms with E-state index in [1.54, 1.807) is 24.8 Å². The SMILES string of the molecule is C.Cc1ccnc(-n2c3[c-]c(Oc4[c-]c(-c5cnc(-c6[c-]c(Oc7[c-]c8c(cc7)c7ccccc7n8-c7cc(C)ccn7)ccc6)cn5)ccc4)ccc3c3ccccc32)c1.Cc1ccnc(-n2c3ccccc3c3ccc(Oc4cccc(-c5cnc(-c6cccc(Oc7ccc8c9ccccc9n(-c9cc(C)ccn9)c8c7)c6)cn5)c4)cc32)c1.[Pd+2].[Pd+2]. The molecule has 0 saturated carbocycles. The first-order valence-electron chi connectivity index (χ1n) is 39.4. The Morgan fingerprint density at radius 2 is 0.545 bits per heavy atom. The molecule has 0 amide bonds. The van der Waals surface area contributed by atoms with Crippen molar-refractivity contribution in [3.05, 3.63) is 387 Å². The third-order valence-corrected chi connectivity index (χ3v) is 21.5. The average Bonchev–Trinajstić information content (AvgIpc) is 1.61. The monoisotopic (exact) mass is 1780 g/mol. The zero-order valence-corrected chi connectivity index (χ0v) is 69.1. The van der Waals surface area contributed by atoms with Gasteiger partial charge in [-0.3, -0.25) is 19.1 Å². The van der Waals surface area contributed by atoms with E-state index in [2.05, 4.69) is 214 Å². The summed E-state index contributed by atoms with van der Waals surface area (Å²) in [4.78, 5) is 38.0. The molecule has 10 aromatic heterocycles. The van der Waals surface area contributed by atoms with E-state index >= 15 is 0 Å². The molecule has 18 heteroatoms. The number of para-hydroxylation sites is 4. The fraction of sp³-hybridized carbons (Fsp3) is 0.0476. The van der Waals surface area contributed by atoms with Gasteiger partial charge >= 0.3 is 40.8 Å². The van der Waals surface area contributed by atoms with Crippen LogP contribution in [0.4, 0.5) is 0 Å². The first kappa shape index (κ1) is 79.3. The number of hydrogen-bond acceptors (Lipinski definition) is 12. The second-order valence-electron chi connectivity index (χ2n) is 29.6. The maximum absolute atomic E-state index is 6.49. The van der Waals surface area contributed by atoms with Crippen molar-refractivity contribution in [3.8, 4) is 114 Å². The summed E-state index contributed by atoms with van der Waals surface area (Å²) in [6.07, 6.45) is 14.4. The van der Waals surface area contributed by atoms with E-state index in [1.165, 1.54) is 10.8 Å². The zero-order valence-electron chi connectivity index (χ0n) is 66.0. The fourth-order valence-electron chi connectivity index (χ4n) is 15.9. The fourth-order valence-corrected chi connectivity index (χ4v) is 15.9. The summed E-state index contributed by atoms with van der Waals surface area (Å²) in [5.74, 6) is 8.46. The second kappa shape index (κ2) is 33.7. The van der Waals surface area contributed by atoms with E-state index in [9.17, 15) is 0 Å². The van der Waals surface area contributed by atoms with Crippen molar-refractivity contribution < 1.29 is 59.8 Å². The minimum Gasteiger partial charge on any atom is -0.503 e. The van der Waals surface area contributed by atoms with Crippen LogP contribution in [0.1, 0.15) is 29.7 Å². The Labute approximate surface area is 736 Å². The Hall–Kier alpha value is -14.9. The molecule has 0 bridgehead atoms. The predicted octanol–water partition coefficient (Wildman–Crippen LogP) is 25.8. The van der Waals surface area contributed by atoms with Gasteiger partial charge in [-0.25, -0.2) is 19.9 Å². The molecule has 0 aliphatic heterocycles. The van der Waals surface area contributed by atoms with Crippen LogP contribution in [-0.4, -0.2) is 58.1 Å². The first-order chi connectivity index (χ1) is 59.0. The molecule has 596 valence electrons. The standard InChI is InChI=1S/C52H36N6O2.C52H32N6O2.CH4.2Pd/c2*1-33-21-23-53-51(25-33)57-47-15-5-3-13-41(47)43-19-17-39(29-49(43)57)59-37-11-7-9-35(27-37)45-31-56-46(32-55-45)36-10-8-12-38(28-36)60-40-18-20-44-42-14-4-6-16-48(42)58(50(44)30-40)52-26-34(2)22-24-54-52;;;/h3-32H,1-2H3;3-26,31-32H,1-2H3;1H4;;/q;-4;;2*+2. The molecule has 123 heavy (non-hydrogen) atoms. The number of fused-ring (bicyclic) bond motifs is 12. The van der Waals surface area contributed by atoms with Crippen molar-refractivity contribution in [2.75, 3.05) is 0 Å². The van der Waals surface area contributed by atoms with Crippen LogP contribution in [-0.2, 0) is 40.8 Å². The molecule has 0 spiro atoms. The van der Waals surface area contributed by atoms with Gasteiger partial charge in [0.25, 0.3) is 0 Å². The molecule has 0 saturated heterocycles. The molecule has 22 aromatic rings. The van der Waals surface area contributed by atoms with Gasteiger partial charge in [-0.05, 0) is 182 Å². The number of hydrogen-bond donors (Lipinski definition) is 0. The van der Waals surface area contributed by atoms with Crippen LogP contribution in [0, 0.1) is 52.0 Å². The van der Waals surface area contributed by atoms with Gasteiger partial charge in [0.15, 0.2) is 0 Å². The largest absolute Gasteiger partial charge is 2.00 e. The number of aromatic nitrogens is 12. The van der Waals surface area contributed by atoms with E-state index in [0.29, 0.717) is 45.9 Å². The van der Waals surface area contributed by atoms with Gasteiger partial charge < -0.3 is 38.0 Å². The molecule has 16 nitrogen and oxygen atoms in total. The third-order valence-electron chi connectivity index (χ3n) is 21.5. The smallest absolute Gasteiger partial charge is 0.503 e. The molecular formula is C105H72N12O4Pd2. The first-order valence-corrected chi connectivity index (χ1v) is 39.4. The summed E-state index contributed by atoms with van der Waals surface area (Å²) in [5, 5.41) is 9.00. The van der Waals surface area contributed by atoms with Crippen LogP contribution in [0.3, 0.4) is 0 Å². The summed E-state index contributed by atoms with van der Waals surface area (Å²) >= 11 is 0. The minimum absolute atomic E-state index is 0. The van der Waals surface area contributed by atoms with Gasteiger partial charge in [-0.15, -0.1) is 82.6 Å². The summed E-state index contributed by atoms with van der Waals surface area (Å²) in [6, 6.07) is 111. The number of benzene rings is 12. The maximum atomic E-state index is 6.49. The molecule has 10 heterocycles. The van der Waals surface area contributed by atoms with Gasteiger partial charge in [0, 0.05) is 127 Å². The topological polar surface area (TPSA) is 160 Å². The van der Waals surface area contributed by atoms with E-state index in [-0.39, 0.29) is 48.3 Å². The van der Waals surface area contributed by atoms with Crippen molar-refractivity contribution in [1.29, 1.82) is 0 Å². The molecule has 12 aromatic carbocycles. The predicted molar refractivity (Wildman–Crippen MR) is 481 cm³/mol. The average molecular weight is 1780 g/mol. The van der Waals surface area contributed by atoms with Gasteiger partial charge in [0.1, 0.15) is 46.3 Å². The molecule has 0 radical (unpaired) electrons. The summed E-state index contributed by atoms with van der Waals surface area (Å²) in [7, 11) is 0. The van der Waals surface area contributed by atoms with Crippen molar-refractivity contribution >= 4 is 87.2 Å². The van der Waals surface area contributed by atoms with Gasteiger partial charge in [-0.2, -0.15) is 12.1 Å². The van der Waals surface area contributed by atoms with E-state index < -0.39 is 0 Å². The van der Waals surface area contributed by atoms with E-state index in [0.717, 1.165) is 167 Å². The Balaban J connectivity index is 0.000000164. The van der Waals surface area contributed by atoms with Crippen LogP contribution in [0.5, 0.6) is 46.0 Å². The number of aryl methyl sites for hydroxylation is 4. The Kier molecular flexibility index (Phi) is 21.7. The quantitative estimate of drug-likeness (QED) is 0.0666. The normalized spacial score (nSPS) is 11.2. The Bertz CT molecular complexity index is 6860. The number of ether oxygens (including phenoxy) is 4. The van der Waals surface area contributed by atoms with Crippen LogP contribution >= 0.6 is 0 Å². The molecule has 0 atom stereocenters. The Morgan fingerprint density at radius 3 is 0.919 bits per heavy atom. The van der Waals surface area contributed by atoms with Gasteiger partial charge in [0.2, 0.25) is 0 Å². The van der Waals surface area contributed by atoms with E-state index in [1.807, 2.05) is 183 Å². The van der Waals surface area contributed by atoms with Crippen molar-refractivity contribution in [2.24, 2.45) is 0 Å². The van der Waals surface area contributed by atoms with Crippen molar-refractivity contribution in [1.82, 2.24) is 58.1 Å². The number of pyridine rings is 4. The van der Waals surface area contributed by atoms with Crippen LogP contribution in [0.2, 0.25) is 0 Å². The summed E-state index contributed by atoms with van der Waals surface area (Å²) < 4.78 is 34.4. The van der Waals surface area contributed by atoms with Crippen LogP contribution in [0.15, 0.2) is 341 Å². The van der Waals surface area contributed by atoms with Gasteiger partial charge in [0.05, 0.1) is 45.8 Å². The zero-order chi connectivity index (χ0) is 80.3. The Morgan fingerprint density at radius 1 is 0.236 bits per heavy atom. The van der Waals surface area contributed by atoms with Gasteiger partial charge in [-0.1, -0.05) is 128 Å². The molecule has 22 rings (SSSR count). The minimum atomic E-state index is 0. The van der Waals surface area contributed by atoms with Crippen molar-refractivity contribution in [3.63, 3.8) is 0 Å². The van der Waals surface area contributed by atoms with Crippen LogP contribution < -0.4 is 18.9 Å². The second-order valence-corrected chi connectivity index (χ2v) is 29.6. The third kappa shape index (κ3) is 15.4. The maximum Gasteiger partial charge on any atom is 2.00 e. The summed E-state index contributed by atoms with van der Waals surface area (Å²) in [5.41, 5.74) is 18.8. The molecule has 0 N–H and O–H groups in total.